The van der Waals surface area contributed by atoms with Crippen LogP contribution in [0.25, 0.3) is 11.1 Å². The molecule has 0 aliphatic heterocycles. The number of carbonyl (C=O) groups excluding carboxylic acids is 3. The molecule has 0 aromatic heterocycles. The summed E-state index contributed by atoms with van der Waals surface area (Å²) in [6.45, 7) is 1.88. The van der Waals surface area contributed by atoms with Gasteiger partial charge < -0.3 is 15.2 Å². The van der Waals surface area contributed by atoms with Gasteiger partial charge in [-0.2, -0.15) is 8.42 Å². The van der Waals surface area contributed by atoms with Gasteiger partial charge in [-0.3, -0.25) is 15.1 Å². The highest BCUT2D eigenvalue weighted by Crippen LogP contribution is 2.27. The van der Waals surface area contributed by atoms with Gasteiger partial charge in [-0.15, -0.1) is 0 Å². The largest absolute Gasteiger partial charge is 0.384 e. The maximum absolute atomic E-state index is 13.4. The minimum absolute atomic E-state index is 0.00402. The smallest absolute Gasteiger partial charge is 0.354 e. The molecule has 0 saturated carbocycles. The minimum Gasteiger partial charge on any atom is -0.384 e. The van der Waals surface area contributed by atoms with Crippen LogP contribution in [0.5, 0.6) is 0 Å². The summed E-state index contributed by atoms with van der Waals surface area (Å²) in [5.41, 5.74) is 7.15. The van der Waals surface area contributed by atoms with Crippen LogP contribution in [-0.4, -0.2) is 49.9 Å². The van der Waals surface area contributed by atoms with E-state index in [0.29, 0.717) is 28.8 Å². The van der Waals surface area contributed by atoms with Crippen LogP contribution in [0.4, 0.5) is 10.5 Å². The van der Waals surface area contributed by atoms with Crippen molar-refractivity contribution in [1.29, 1.82) is 5.41 Å². The third-order valence-electron chi connectivity index (χ3n) is 5.18. The van der Waals surface area contributed by atoms with E-state index in [4.69, 9.17) is 11.1 Å². The molecule has 37 heavy (non-hydrogen) atoms. The molecule has 11 heteroatoms. The Hall–Kier alpha value is -4.51. The van der Waals surface area contributed by atoms with Gasteiger partial charge in [0.1, 0.15) is 5.84 Å². The van der Waals surface area contributed by atoms with Crippen LogP contribution in [-0.2, 0) is 14.3 Å². The van der Waals surface area contributed by atoms with Gasteiger partial charge in [0.2, 0.25) is 0 Å². The van der Waals surface area contributed by atoms with Crippen LogP contribution in [0.3, 0.4) is 0 Å². The summed E-state index contributed by atoms with van der Waals surface area (Å²) in [6.07, 6.45) is 1.21. The zero-order valence-electron chi connectivity index (χ0n) is 20.2. The van der Waals surface area contributed by atoms with E-state index >= 15 is 0 Å². The van der Waals surface area contributed by atoms with Gasteiger partial charge in [0.15, 0.2) is 0 Å². The topological polar surface area (TPSA) is 160 Å². The van der Waals surface area contributed by atoms with Crippen LogP contribution in [0.2, 0.25) is 0 Å². The third kappa shape index (κ3) is 7.01. The molecule has 0 fully saturated rings. The highest BCUT2D eigenvalue weighted by atomic mass is 32.2. The van der Waals surface area contributed by atoms with Crippen molar-refractivity contribution >= 4 is 39.5 Å². The SMILES string of the molecule is CCCN(C(=O)Nc1ccc(C(=N)N)cc1)C(=O)c1ccc(-c2ccccc2)c(C(=O)OS(C)(=O)=O)c1. The summed E-state index contributed by atoms with van der Waals surface area (Å²) < 4.78 is 27.8. The zero-order valence-corrected chi connectivity index (χ0v) is 21.0. The fraction of sp³-hybridized carbons (Fsp3) is 0.154. The molecule has 3 amide bonds. The van der Waals surface area contributed by atoms with Crippen LogP contribution >= 0.6 is 0 Å². The first-order chi connectivity index (χ1) is 17.5. The maximum Gasteiger partial charge on any atom is 0.354 e. The summed E-state index contributed by atoms with van der Waals surface area (Å²) in [5.74, 6) is -1.95. The van der Waals surface area contributed by atoms with E-state index in [9.17, 15) is 22.8 Å². The summed E-state index contributed by atoms with van der Waals surface area (Å²) in [5, 5.41) is 10.1. The lowest BCUT2D eigenvalue weighted by molar-refractivity contribution is 0.0749. The number of urea groups is 1. The number of hydrogen-bond donors (Lipinski definition) is 3. The summed E-state index contributed by atoms with van der Waals surface area (Å²) in [7, 11) is -4.12. The van der Waals surface area contributed by atoms with Gasteiger partial charge in [-0.05, 0) is 53.9 Å². The van der Waals surface area contributed by atoms with E-state index in [1.807, 2.05) is 0 Å². The van der Waals surface area contributed by atoms with Gasteiger partial charge in [-0.1, -0.05) is 43.3 Å². The van der Waals surface area contributed by atoms with Crippen molar-refractivity contribution in [3.05, 3.63) is 89.5 Å². The van der Waals surface area contributed by atoms with Crippen molar-refractivity contribution in [2.75, 3.05) is 18.1 Å². The first kappa shape index (κ1) is 27.1. The molecule has 0 bridgehead atoms. The van der Waals surface area contributed by atoms with Crippen molar-refractivity contribution < 1.29 is 27.0 Å². The van der Waals surface area contributed by atoms with Gasteiger partial charge in [0.05, 0.1) is 11.8 Å². The molecular weight excluding hydrogens is 496 g/mol. The number of nitrogen functional groups attached to an aromatic ring is 1. The van der Waals surface area contributed by atoms with E-state index in [-0.39, 0.29) is 23.5 Å². The molecule has 0 saturated heterocycles. The number of nitrogens with two attached hydrogens (primary N) is 1. The molecule has 3 aromatic carbocycles. The molecule has 0 radical (unpaired) electrons. The van der Waals surface area contributed by atoms with Crippen molar-refractivity contribution in [3.63, 3.8) is 0 Å². The van der Waals surface area contributed by atoms with Crippen LogP contribution < -0.4 is 11.1 Å². The van der Waals surface area contributed by atoms with E-state index < -0.39 is 28.0 Å². The van der Waals surface area contributed by atoms with E-state index in [2.05, 4.69) is 9.50 Å². The van der Waals surface area contributed by atoms with Crippen molar-refractivity contribution in [1.82, 2.24) is 4.90 Å². The first-order valence-corrected chi connectivity index (χ1v) is 13.0. The molecule has 3 aromatic rings. The Labute approximate surface area is 214 Å². The van der Waals surface area contributed by atoms with Crippen LogP contribution in [0.15, 0.2) is 72.8 Å². The lowest BCUT2D eigenvalue weighted by Crippen LogP contribution is -2.40. The predicted octanol–water partition coefficient (Wildman–Crippen LogP) is 3.84. The number of imide groups is 1. The number of amides is 3. The van der Waals surface area contributed by atoms with E-state index in [0.717, 1.165) is 11.2 Å². The standard InChI is InChI=1S/C26H26N4O6S/c1-3-15-30(26(33)29-20-12-9-18(10-13-20)23(27)28)24(31)19-11-14-21(17-7-5-4-6-8-17)22(16-19)25(32)36-37(2,34)35/h4-14,16H,3,15H2,1-2H3,(H3,27,28)(H,29,33). The Kier molecular flexibility index (Phi) is 8.41. The van der Waals surface area contributed by atoms with Gasteiger partial charge in [0.25, 0.3) is 5.91 Å². The fourth-order valence-corrected chi connectivity index (χ4v) is 3.86. The highest BCUT2D eigenvalue weighted by molar-refractivity contribution is 7.86. The molecular formula is C26H26N4O6S. The second-order valence-corrected chi connectivity index (χ2v) is 9.65. The Morgan fingerprint density at radius 2 is 1.59 bits per heavy atom. The average Bonchev–Trinajstić information content (AvgIpc) is 2.86. The lowest BCUT2D eigenvalue weighted by Gasteiger charge is -2.21. The first-order valence-electron chi connectivity index (χ1n) is 11.2. The summed E-state index contributed by atoms with van der Waals surface area (Å²) in [4.78, 5) is 40.1. The molecule has 0 atom stereocenters. The number of benzene rings is 3. The second kappa shape index (κ2) is 11.5. The number of anilines is 1. The molecule has 0 aliphatic carbocycles. The third-order valence-corrected chi connectivity index (χ3v) is 5.64. The van der Waals surface area contributed by atoms with E-state index in [1.165, 1.54) is 18.2 Å². The minimum atomic E-state index is -4.12. The van der Waals surface area contributed by atoms with Gasteiger partial charge >= 0.3 is 22.1 Å². The zero-order chi connectivity index (χ0) is 27.2. The monoisotopic (exact) mass is 522 g/mol. The van der Waals surface area contributed by atoms with Crippen molar-refractivity contribution in [2.24, 2.45) is 5.73 Å². The highest BCUT2D eigenvalue weighted by Gasteiger charge is 2.26. The second-order valence-electron chi connectivity index (χ2n) is 8.08. The summed E-state index contributed by atoms with van der Waals surface area (Å²) >= 11 is 0. The predicted molar refractivity (Wildman–Crippen MR) is 140 cm³/mol. The van der Waals surface area contributed by atoms with Crippen molar-refractivity contribution in [2.45, 2.75) is 13.3 Å². The molecule has 10 nitrogen and oxygen atoms in total. The Morgan fingerprint density at radius 3 is 2.16 bits per heavy atom. The van der Waals surface area contributed by atoms with Gasteiger partial charge in [0, 0.05) is 23.4 Å². The Morgan fingerprint density at radius 1 is 0.973 bits per heavy atom. The quantitative estimate of drug-likeness (QED) is 0.230. The summed E-state index contributed by atoms with van der Waals surface area (Å²) in [6, 6.07) is 18.4. The molecule has 192 valence electrons. The van der Waals surface area contributed by atoms with Crippen LogP contribution in [0, 0.1) is 5.41 Å². The van der Waals surface area contributed by atoms with E-state index in [1.54, 1.807) is 61.5 Å². The van der Waals surface area contributed by atoms with Gasteiger partial charge in [-0.25, -0.2) is 9.59 Å². The normalized spacial score (nSPS) is 10.9. The number of rotatable bonds is 8. The molecule has 0 unspecified atom stereocenters. The Balaban J connectivity index is 1.96. The molecule has 0 aliphatic rings. The number of amidine groups is 1. The molecule has 0 heterocycles. The fourth-order valence-electron chi connectivity index (χ4n) is 3.50. The van der Waals surface area contributed by atoms with Crippen molar-refractivity contribution in [3.8, 4) is 11.1 Å². The number of carbonyl (C=O) groups is 3. The lowest BCUT2D eigenvalue weighted by atomic mass is 9.97. The van der Waals surface area contributed by atoms with Crippen LogP contribution in [0.1, 0.15) is 39.6 Å². The number of nitrogens with zero attached hydrogens (tertiary/aromatic N) is 1. The molecule has 4 N–H and O–H groups in total. The molecule has 0 spiro atoms. The molecule has 3 rings (SSSR count). The number of nitrogens with one attached hydrogen (secondary N) is 2. The number of hydrogen-bond acceptors (Lipinski definition) is 7. The maximum atomic E-state index is 13.4. The average molecular weight is 523 g/mol. The Bertz CT molecular complexity index is 1440.